The Bertz CT molecular complexity index is 1450. The minimum absolute atomic E-state index is 0.0536. The molecule has 0 amide bonds. The predicted octanol–water partition coefficient (Wildman–Crippen LogP) is 8.67. The van der Waals surface area contributed by atoms with Crippen molar-refractivity contribution in [2.24, 2.45) is 5.92 Å². The monoisotopic (exact) mass is 450 g/mol. The number of aromatic nitrogens is 2. The van der Waals surface area contributed by atoms with Crippen LogP contribution in [0, 0.1) is 5.92 Å². The van der Waals surface area contributed by atoms with Gasteiger partial charge in [0.25, 0.3) is 0 Å². The van der Waals surface area contributed by atoms with E-state index in [1.165, 1.54) is 43.3 Å². The third-order valence-electron chi connectivity index (χ3n) is 6.08. The van der Waals surface area contributed by atoms with Crippen LogP contribution in [0.15, 0.2) is 73.1 Å². The molecule has 3 aromatic heterocycles. The Kier molecular flexibility index (Phi) is 5.54. The summed E-state index contributed by atoms with van der Waals surface area (Å²) < 4.78 is 0. The summed E-state index contributed by atoms with van der Waals surface area (Å²) in [6.07, 6.45) is 5.02. The molecular formula is C30H30N2S. The molecule has 0 aliphatic rings. The number of benzene rings is 2. The van der Waals surface area contributed by atoms with Crippen LogP contribution in [0.5, 0.6) is 0 Å². The molecule has 2 aromatic carbocycles. The zero-order valence-corrected chi connectivity index (χ0v) is 20.8. The van der Waals surface area contributed by atoms with Crippen molar-refractivity contribution in [3.05, 3.63) is 84.2 Å². The highest BCUT2D eigenvalue weighted by atomic mass is 32.1. The maximum Gasteiger partial charge on any atom is 0.123 e. The zero-order chi connectivity index (χ0) is 23.2. The van der Waals surface area contributed by atoms with E-state index in [0.29, 0.717) is 5.92 Å². The van der Waals surface area contributed by atoms with Crippen LogP contribution in [0.3, 0.4) is 0 Å². The van der Waals surface area contributed by atoms with Gasteiger partial charge >= 0.3 is 0 Å². The van der Waals surface area contributed by atoms with Gasteiger partial charge in [0.1, 0.15) is 4.83 Å². The minimum atomic E-state index is 0.0536. The molecule has 0 spiro atoms. The maximum atomic E-state index is 4.75. The van der Waals surface area contributed by atoms with Gasteiger partial charge in [-0.15, -0.1) is 11.3 Å². The number of fused-ring (bicyclic) bond motifs is 2. The lowest BCUT2D eigenvalue weighted by molar-refractivity contribution is 0.596. The van der Waals surface area contributed by atoms with Gasteiger partial charge in [0.2, 0.25) is 0 Å². The molecule has 0 N–H and O–H groups in total. The third kappa shape index (κ3) is 4.43. The predicted molar refractivity (Wildman–Crippen MR) is 143 cm³/mol. The van der Waals surface area contributed by atoms with E-state index < -0.39 is 0 Å². The van der Waals surface area contributed by atoms with Gasteiger partial charge in [-0.2, -0.15) is 0 Å². The van der Waals surface area contributed by atoms with E-state index >= 15 is 0 Å². The largest absolute Gasteiger partial charge is 0.256 e. The number of nitrogens with zero attached hydrogens (tertiary/aromatic N) is 2. The Hall–Kier alpha value is -3.04. The van der Waals surface area contributed by atoms with Gasteiger partial charge in [0.15, 0.2) is 0 Å². The fourth-order valence-corrected chi connectivity index (χ4v) is 5.50. The molecule has 0 bridgehead atoms. The molecule has 0 aliphatic carbocycles. The van der Waals surface area contributed by atoms with Crippen LogP contribution in [-0.2, 0) is 11.8 Å². The molecule has 0 saturated heterocycles. The summed E-state index contributed by atoms with van der Waals surface area (Å²) in [7, 11) is 0. The van der Waals surface area contributed by atoms with Gasteiger partial charge < -0.3 is 0 Å². The van der Waals surface area contributed by atoms with Gasteiger partial charge in [0.05, 0.1) is 5.69 Å². The number of hydrogen-bond donors (Lipinski definition) is 0. The molecule has 166 valence electrons. The number of pyridine rings is 2. The van der Waals surface area contributed by atoms with Crippen molar-refractivity contribution in [3.63, 3.8) is 0 Å². The number of rotatable bonds is 4. The first-order chi connectivity index (χ1) is 15.8. The van der Waals surface area contributed by atoms with Gasteiger partial charge in [-0.25, -0.2) is 4.98 Å². The molecule has 0 unspecified atom stereocenters. The van der Waals surface area contributed by atoms with Crippen LogP contribution in [0.4, 0.5) is 0 Å². The van der Waals surface area contributed by atoms with Crippen molar-refractivity contribution in [3.8, 4) is 21.7 Å². The summed E-state index contributed by atoms with van der Waals surface area (Å²) >= 11 is 1.75. The smallest absolute Gasteiger partial charge is 0.123 e. The summed E-state index contributed by atoms with van der Waals surface area (Å²) in [5, 5.41) is 3.81. The zero-order valence-electron chi connectivity index (χ0n) is 20.0. The number of hydrogen-bond acceptors (Lipinski definition) is 3. The van der Waals surface area contributed by atoms with Crippen LogP contribution < -0.4 is 0 Å². The van der Waals surface area contributed by atoms with Crippen molar-refractivity contribution in [1.82, 2.24) is 9.97 Å². The van der Waals surface area contributed by atoms with Crippen LogP contribution in [0.1, 0.15) is 45.7 Å². The van der Waals surface area contributed by atoms with Crippen LogP contribution in [0.25, 0.3) is 42.7 Å². The van der Waals surface area contributed by atoms with Gasteiger partial charge in [-0.3, -0.25) is 4.98 Å². The summed E-state index contributed by atoms with van der Waals surface area (Å²) in [6.45, 7) is 11.3. The molecular weight excluding hydrogens is 420 g/mol. The van der Waals surface area contributed by atoms with E-state index in [4.69, 9.17) is 9.97 Å². The highest BCUT2D eigenvalue weighted by Crippen LogP contribution is 2.37. The SMILES string of the molecule is CC(C)Cc1cnc2sc(-c3ccnc(-c4cc(C(C)(C)C)c5ccccc5c4)c3)cc2c1. The quantitative estimate of drug-likeness (QED) is 0.274. The lowest BCUT2D eigenvalue weighted by Gasteiger charge is -2.22. The fourth-order valence-electron chi connectivity index (χ4n) is 4.52. The molecule has 0 radical (unpaired) electrons. The second kappa shape index (κ2) is 8.39. The Morgan fingerprint density at radius 2 is 1.67 bits per heavy atom. The van der Waals surface area contributed by atoms with Crippen molar-refractivity contribution < 1.29 is 0 Å². The molecule has 0 fully saturated rings. The molecule has 3 heterocycles. The normalized spacial score (nSPS) is 12.2. The van der Waals surface area contributed by atoms with E-state index in [2.05, 4.69) is 95.3 Å². The topological polar surface area (TPSA) is 25.8 Å². The molecule has 3 heteroatoms. The van der Waals surface area contributed by atoms with E-state index in [0.717, 1.165) is 16.9 Å². The first-order valence-corrected chi connectivity index (χ1v) is 12.5. The molecule has 0 atom stereocenters. The first kappa shape index (κ1) is 21.8. The Morgan fingerprint density at radius 3 is 2.45 bits per heavy atom. The molecule has 5 rings (SSSR count). The van der Waals surface area contributed by atoms with Gasteiger partial charge in [-0.05, 0) is 81.6 Å². The molecule has 0 aliphatic heterocycles. The van der Waals surface area contributed by atoms with Crippen LogP contribution in [0.2, 0.25) is 0 Å². The van der Waals surface area contributed by atoms with E-state index in [1.54, 1.807) is 11.3 Å². The van der Waals surface area contributed by atoms with Crippen molar-refractivity contribution >= 4 is 32.3 Å². The fraction of sp³-hybridized carbons (Fsp3) is 0.267. The Labute approximate surface area is 200 Å². The standard InChI is InChI=1S/C30H30N2S/c1-19(2)12-20-13-24-17-28(33-29(24)32-18-20)22-10-11-31-27(16-22)23-14-21-8-6-7-9-25(21)26(15-23)30(3,4)5/h6-11,13-19H,12H2,1-5H3. The summed E-state index contributed by atoms with van der Waals surface area (Å²) in [6, 6.07) is 22.1. The molecule has 0 saturated carbocycles. The summed E-state index contributed by atoms with van der Waals surface area (Å²) in [5.74, 6) is 0.630. The van der Waals surface area contributed by atoms with Gasteiger partial charge in [-0.1, -0.05) is 58.9 Å². The first-order valence-electron chi connectivity index (χ1n) is 11.7. The summed E-state index contributed by atoms with van der Waals surface area (Å²) in [4.78, 5) is 11.8. The van der Waals surface area contributed by atoms with Crippen molar-refractivity contribution in [2.45, 2.75) is 46.5 Å². The summed E-state index contributed by atoms with van der Waals surface area (Å²) in [5.41, 5.74) is 6.08. The molecule has 2 nitrogen and oxygen atoms in total. The Morgan fingerprint density at radius 1 is 0.848 bits per heavy atom. The second-order valence-corrected chi connectivity index (χ2v) is 11.4. The lowest BCUT2D eigenvalue weighted by atomic mass is 9.82. The van der Waals surface area contributed by atoms with Gasteiger partial charge in [0, 0.05) is 28.2 Å². The third-order valence-corrected chi connectivity index (χ3v) is 7.19. The van der Waals surface area contributed by atoms with E-state index in [-0.39, 0.29) is 5.41 Å². The maximum absolute atomic E-state index is 4.75. The Balaban J connectivity index is 1.58. The van der Waals surface area contributed by atoms with Crippen LogP contribution in [-0.4, -0.2) is 9.97 Å². The van der Waals surface area contributed by atoms with Crippen molar-refractivity contribution in [2.75, 3.05) is 0 Å². The average molecular weight is 451 g/mol. The second-order valence-electron chi connectivity index (χ2n) is 10.4. The van der Waals surface area contributed by atoms with Crippen molar-refractivity contribution in [1.29, 1.82) is 0 Å². The van der Waals surface area contributed by atoms with Crippen LogP contribution >= 0.6 is 11.3 Å². The van der Waals surface area contributed by atoms with E-state index in [1.807, 2.05) is 12.4 Å². The molecule has 33 heavy (non-hydrogen) atoms. The highest BCUT2D eigenvalue weighted by molar-refractivity contribution is 7.21. The number of thiophene rings is 1. The minimum Gasteiger partial charge on any atom is -0.256 e. The molecule has 5 aromatic rings. The lowest BCUT2D eigenvalue weighted by Crippen LogP contribution is -2.12. The highest BCUT2D eigenvalue weighted by Gasteiger charge is 2.19. The average Bonchev–Trinajstić information content (AvgIpc) is 3.21. The van der Waals surface area contributed by atoms with E-state index in [9.17, 15) is 0 Å².